The number of hydrogen-bond donors (Lipinski definition) is 0. The Morgan fingerprint density at radius 1 is 0.894 bits per heavy atom. The van der Waals surface area contributed by atoms with Crippen LogP contribution in [0.15, 0.2) is 21.8 Å². The van der Waals surface area contributed by atoms with E-state index in [1.165, 1.54) is 41.5 Å². The fourth-order valence-corrected chi connectivity index (χ4v) is 5.52. The van der Waals surface area contributed by atoms with E-state index in [1.54, 1.807) is 13.8 Å². The molecule has 1 aliphatic heterocycles. The van der Waals surface area contributed by atoms with Crippen molar-refractivity contribution in [3.63, 3.8) is 0 Å². The van der Waals surface area contributed by atoms with Crippen LogP contribution in [0.5, 0.6) is 11.5 Å². The van der Waals surface area contributed by atoms with Gasteiger partial charge in [0, 0.05) is 17.9 Å². The second-order valence-corrected chi connectivity index (χ2v) is 15.0. The van der Waals surface area contributed by atoms with Crippen LogP contribution >= 0.6 is 0 Å². The quantitative estimate of drug-likeness (QED) is 0.150. The summed E-state index contributed by atoms with van der Waals surface area (Å²) in [6.45, 7) is 11.9. The van der Waals surface area contributed by atoms with Crippen molar-refractivity contribution in [1.29, 1.82) is 0 Å². The molecule has 47 heavy (non-hydrogen) atoms. The molecule has 0 saturated carbocycles. The third-order valence-corrected chi connectivity index (χ3v) is 7.65. The second-order valence-electron chi connectivity index (χ2n) is 13.0. The highest BCUT2D eigenvalue weighted by Gasteiger charge is 2.39. The van der Waals surface area contributed by atoms with Gasteiger partial charge in [0.25, 0.3) is 0 Å². The zero-order valence-corrected chi connectivity index (χ0v) is 27.2. The number of carbonyl (C=O) groups excluding carboxylic acids is 2. The Morgan fingerprint density at radius 2 is 1.40 bits per heavy atom. The first-order valence-electron chi connectivity index (χ1n) is 13.8. The first-order valence-corrected chi connectivity index (χ1v) is 15.4. The number of nitrogens with zero attached hydrogens (tertiary/aromatic N) is 3. The van der Waals surface area contributed by atoms with Crippen molar-refractivity contribution in [2.75, 3.05) is 4.90 Å². The molecule has 256 valence electrons. The lowest BCUT2D eigenvalue weighted by molar-refractivity contribution is 0.0123. The third-order valence-electron chi connectivity index (χ3n) is 6.06. The van der Waals surface area contributed by atoms with Crippen LogP contribution in [0, 0.1) is 29.1 Å². The minimum atomic E-state index is -4.19. The fraction of sp³-hybridized carbons (Fsp3) is 0.448. The number of aromatic nitrogens is 1. The normalized spacial score (nSPS) is 14.9. The van der Waals surface area contributed by atoms with E-state index in [2.05, 4.69) is 10.3 Å². The smallest absolute Gasteiger partial charge is 0.424 e. The van der Waals surface area contributed by atoms with Crippen molar-refractivity contribution in [1.82, 2.24) is 5.16 Å². The van der Waals surface area contributed by atoms with Gasteiger partial charge in [0.15, 0.2) is 16.4 Å². The zero-order chi connectivity index (χ0) is 35.4. The van der Waals surface area contributed by atoms with Crippen LogP contribution in [0.25, 0.3) is 11.0 Å². The minimum Gasteiger partial charge on any atom is -0.449 e. The third kappa shape index (κ3) is 7.58. The molecule has 1 aromatic heterocycles. The molecule has 0 radical (unpaired) electrons. The Bertz CT molecular complexity index is 1860. The van der Waals surface area contributed by atoms with Gasteiger partial charge in [-0.25, -0.2) is 31.2 Å². The van der Waals surface area contributed by atoms with Gasteiger partial charge in [0.2, 0.25) is 44.7 Å². The van der Waals surface area contributed by atoms with Crippen molar-refractivity contribution in [2.45, 2.75) is 84.4 Å². The first-order chi connectivity index (χ1) is 21.4. The molecule has 0 saturated heterocycles. The van der Waals surface area contributed by atoms with Gasteiger partial charge in [-0.05, 0) is 61.5 Å². The summed E-state index contributed by atoms with van der Waals surface area (Å²) >= 11 is 0. The predicted molar refractivity (Wildman–Crippen MR) is 155 cm³/mol. The number of hydrogen-bond acceptors (Lipinski definition) is 11. The number of ether oxygens (including phenoxy) is 3. The van der Waals surface area contributed by atoms with Gasteiger partial charge < -0.3 is 23.6 Å². The lowest BCUT2D eigenvalue weighted by Crippen LogP contribution is -2.44. The van der Waals surface area contributed by atoms with Crippen LogP contribution in [-0.2, 0) is 29.9 Å². The van der Waals surface area contributed by atoms with Crippen molar-refractivity contribution in [3.8, 4) is 11.5 Å². The van der Waals surface area contributed by atoms with Crippen molar-refractivity contribution in [2.24, 2.45) is 5.16 Å². The highest BCUT2D eigenvalue weighted by molar-refractivity contribution is 8.05. The van der Waals surface area contributed by atoms with Crippen molar-refractivity contribution < 1.29 is 63.5 Å². The molecular weight excluding hydrogens is 661 g/mol. The first kappa shape index (κ1) is 35.4. The van der Waals surface area contributed by atoms with Gasteiger partial charge in [-0.1, -0.05) is 10.3 Å². The average Bonchev–Trinajstić information content (AvgIpc) is 3.48. The van der Waals surface area contributed by atoms with Crippen molar-refractivity contribution >= 4 is 43.7 Å². The molecule has 0 aliphatic carbocycles. The Morgan fingerprint density at radius 3 is 1.87 bits per heavy atom. The Kier molecular flexibility index (Phi) is 9.00. The van der Waals surface area contributed by atoms with E-state index in [0.29, 0.717) is 0 Å². The largest absolute Gasteiger partial charge is 0.449 e. The Labute approximate surface area is 265 Å². The number of fused-ring (bicyclic) bond motifs is 1. The summed E-state index contributed by atoms with van der Waals surface area (Å²) in [5.41, 5.74) is -4.72. The number of carbonyl (C=O) groups is 2. The monoisotopic (exact) mass is 691 g/mol. The van der Waals surface area contributed by atoms with Crippen molar-refractivity contribution in [3.05, 3.63) is 46.9 Å². The van der Waals surface area contributed by atoms with Crippen LogP contribution in [-0.4, -0.2) is 47.6 Å². The molecule has 3 aromatic rings. The van der Waals surface area contributed by atoms with Gasteiger partial charge in [-0.15, -0.1) is 0 Å². The molecule has 0 unspecified atom stereocenters. The molecule has 2 amide bonds. The van der Waals surface area contributed by atoms with Gasteiger partial charge in [0.05, 0.1) is 0 Å². The second kappa shape index (κ2) is 12.0. The predicted octanol–water partition coefficient (Wildman–Crippen LogP) is 7.42. The van der Waals surface area contributed by atoms with E-state index < -0.39 is 90.9 Å². The van der Waals surface area contributed by atoms with Crippen LogP contribution < -0.4 is 9.64 Å². The summed E-state index contributed by atoms with van der Waals surface area (Å²) in [6.07, 6.45) is -2.90. The summed E-state index contributed by atoms with van der Waals surface area (Å²) in [5.74, 6) is -15.4. The molecule has 0 N–H and O–H groups in total. The summed E-state index contributed by atoms with van der Waals surface area (Å²) in [4.78, 5) is 32.3. The van der Waals surface area contributed by atoms with E-state index >= 15 is 0 Å². The summed E-state index contributed by atoms with van der Waals surface area (Å²) < 4.78 is 119. The van der Waals surface area contributed by atoms with E-state index in [-0.39, 0.29) is 33.0 Å². The average molecular weight is 692 g/mol. The highest BCUT2D eigenvalue weighted by Crippen LogP contribution is 2.42. The number of oxime groups is 1. The highest BCUT2D eigenvalue weighted by atomic mass is 32.2. The van der Waals surface area contributed by atoms with Gasteiger partial charge >= 0.3 is 12.2 Å². The number of benzene rings is 2. The molecule has 0 spiro atoms. The fourth-order valence-electron chi connectivity index (χ4n) is 4.07. The standard InChI is InChI=1S/C29H30F5N3O9S/c1-27(2,3)43-25(38)37(26(39)44-28(4,5)6)15-9-13-14(12-47(40,41)18-11-29(7,8)46-36-18)35-45-16(13)10-17(15)42-24-22(33)20(31)19(30)21(32)23(24)34/h9-10H,11-12H2,1-8H3. The van der Waals surface area contributed by atoms with E-state index in [1.807, 2.05) is 0 Å². The molecule has 0 fully saturated rings. The van der Waals surface area contributed by atoms with E-state index in [9.17, 15) is 40.0 Å². The van der Waals surface area contributed by atoms with Crippen LogP contribution in [0.3, 0.4) is 0 Å². The number of imide groups is 1. The Balaban J connectivity index is 1.96. The molecule has 2 aromatic carbocycles. The maximum Gasteiger partial charge on any atom is 0.424 e. The zero-order valence-electron chi connectivity index (χ0n) is 26.4. The number of anilines is 1. The van der Waals surface area contributed by atoms with Crippen LogP contribution in [0.4, 0.5) is 37.2 Å². The molecule has 18 heteroatoms. The number of halogens is 5. The lowest BCUT2D eigenvalue weighted by Gasteiger charge is -2.29. The molecular formula is C29H30F5N3O9S. The maximum absolute atomic E-state index is 14.7. The van der Waals surface area contributed by atoms with Crippen LogP contribution in [0.1, 0.15) is 67.5 Å². The molecule has 0 bridgehead atoms. The van der Waals surface area contributed by atoms with Gasteiger partial charge in [-0.2, -0.15) is 13.7 Å². The van der Waals surface area contributed by atoms with Crippen LogP contribution in [0.2, 0.25) is 0 Å². The van der Waals surface area contributed by atoms with Gasteiger partial charge in [-0.3, -0.25) is 0 Å². The summed E-state index contributed by atoms with van der Waals surface area (Å²) in [7, 11) is -4.19. The number of rotatable bonds is 5. The summed E-state index contributed by atoms with van der Waals surface area (Å²) in [5, 5.41) is 6.93. The molecule has 12 nitrogen and oxygen atoms in total. The lowest BCUT2D eigenvalue weighted by atomic mass is 10.1. The Hall–Kier alpha value is -4.48. The molecule has 0 atom stereocenters. The van der Waals surface area contributed by atoms with E-state index in [0.717, 1.165) is 12.1 Å². The SMILES string of the molecule is CC(C)(C)OC(=O)N(C(=O)OC(C)(C)C)c1cc2c(CS(=O)(=O)C3=NOC(C)(C)C3)noc2cc1Oc1c(F)c(F)c(F)c(F)c1F. The number of amides is 2. The minimum absolute atomic E-state index is 0.0681. The van der Waals surface area contributed by atoms with E-state index in [4.69, 9.17) is 23.6 Å². The van der Waals surface area contributed by atoms with Gasteiger partial charge in [0.1, 0.15) is 33.9 Å². The molecule has 2 heterocycles. The molecule has 1 aliphatic rings. The topological polar surface area (TPSA) is 147 Å². The maximum atomic E-state index is 14.7. The summed E-state index contributed by atoms with van der Waals surface area (Å²) in [6, 6.07) is 1.72. The number of sulfone groups is 1. The molecule has 4 rings (SSSR count).